The molecule has 3 heterocycles. The van der Waals surface area contributed by atoms with Gasteiger partial charge in [-0.3, -0.25) is 14.5 Å². The fraction of sp³-hybridized carbons (Fsp3) is 0.867. The number of amides is 2. The fourth-order valence-electron chi connectivity index (χ4n) is 3.20. The van der Waals surface area contributed by atoms with Gasteiger partial charge in [-0.1, -0.05) is 0 Å². The number of rotatable bonds is 4. The van der Waals surface area contributed by atoms with E-state index in [0.717, 1.165) is 4.90 Å². The second-order valence-electron chi connectivity index (χ2n) is 7.35. The molecule has 8 nitrogen and oxygen atoms in total. The van der Waals surface area contributed by atoms with Gasteiger partial charge in [0.05, 0.1) is 19.0 Å². The van der Waals surface area contributed by atoms with Crippen LogP contribution >= 0.6 is 0 Å². The Labute approximate surface area is 142 Å². The topological polar surface area (TPSA) is 93.2 Å². The van der Waals surface area contributed by atoms with Crippen LogP contribution in [0.3, 0.4) is 0 Å². The molecule has 0 aromatic carbocycles. The van der Waals surface area contributed by atoms with Crippen molar-refractivity contribution in [3.63, 3.8) is 0 Å². The highest BCUT2D eigenvalue weighted by Crippen LogP contribution is 2.38. The van der Waals surface area contributed by atoms with Crippen LogP contribution in [0.25, 0.3) is 0 Å². The van der Waals surface area contributed by atoms with Crippen LogP contribution in [0.4, 0.5) is 0 Å². The summed E-state index contributed by atoms with van der Waals surface area (Å²) in [7, 11) is -3.50. The zero-order valence-electron chi connectivity index (χ0n) is 14.1. The SMILES string of the molecule is CC1(C)OCC2(CO1)CN(S(=O)(=O)CCN1C(=O)CCCC1=O)C2. The van der Waals surface area contributed by atoms with Gasteiger partial charge in [0.15, 0.2) is 5.79 Å². The Morgan fingerprint density at radius 2 is 1.58 bits per heavy atom. The van der Waals surface area contributed by atoms with Crippen LogP contribution in [-0.4, -0.2) is 73.8 Å². The Balaban J connectivity index is 1.52. The van der Waals surface area contributed by atoms with Gasteiger partial charge < -0.3 is 9.47 Å². The van der Waals surface area contributed by atoms with Crippen molar-refractivity contribution >= 4 is 21.8 Å². The molecule has 0 aliphatic carbocycles. The summed E-state index contributed by atoms with van der Waals surface area (Å²) in [6.45, 7) is 5.24. The van der Waals surface area contributed by atoms with Crippen molar-refractivity contribution in [1.29, 1.82) is 0 Å². The maximum absolute atomic E-state index is 12.4. The lowest BCUT2D eigenvalue weighted by Gasteiger charge is -2.53. The summed E-state index contributed by atoms with van der Waals surface area (Å²) in [5.41, 5.74) is -0.278. The Morgan fingerprint density at radius 3 is 2.12 bits per heavy atom. The van der Waals surface area contributed by atoms with E-state index in [4.69, 9.17) is 9.47 Å². The van der Waals surface area contributed by atoms with Gasteiger partial charge in [0.1, 0.15) is 0 Å². The van der Waals surface area contributed by atoms with E-state index in [0.29, 0.717) is 45.6 Å². The second kappa shape index (κ2) is 6.05. The first-order valence-corrected chi connectivity index (χ1v) is 9.82. The van der Waals surface area contributed by atoms with E-state index >= 15 is 0 Å². The summed E-state index contributed by atoms with van der Waals surface area (Å²) < 4.78 is 37.5. The minimum atomic E-state index is -3.50. The van der Waals surface area contributed by atoms with Crippen LogP contribution in [0.5, 0.6) is 0 Å². The highest BCUT2D eigenvalue weighted by atomic mass is 32.2. The van der Waals surface area contributed by atoms with E-state index in [1.165, 1.54) is 4.31 Å². The van der Waals surface area contributed by atoms with Crippen LogP contribution in [-0.2, 0) is 29.1 Å². The van der Waals surface area contributed by atoms with Gasteiger partial charge in [0.2, 0.25) is 21.8 Å². The zero-order chi connectivity index (χ0) is 17.6. The van der Waals surface area contributed by atoms with Gasteiger partial charge in [-0.05, 0) is 20.3 Å². The van der Waals surface area contributed by atoms with Crippen molar-refractivity contribution in [3.8, 4) is 0 Å². The van der Waals surface area contributed by atoms with Gasteiger partial charge in [-0.2, -0.15) is 0 Å². The van der Waals surface area contributed by atoms with Crippen LogP contribution in [0.1, 0.15) is 33.1 Å². The van der Waals surface area contributed by atoms with Crippen LogP contribution < -0.4 is 0 Å². The first-order chi connectivity index (χ1) is 11.1. The van der Waals surface area contributed by atoms with Gasteiger partial charge in [0, 0.05) is 37.9 Å². The van der Waals surface area contributed by atoms with E-state index in [1.807, 2.05) is 13.8 Å². The molecule has 24 heavy (non-hydrogen) atoms. The number of carbonyl (C=O) groups excluding carboxylic acids is 2. The third-order valence-corrected chi connectivity index (χ3v) is 6.57. The normalized spacial score (nSPS) is 27.3. The third-order valence-electron chi connectivity index (χ3n) is 4.83. The predicted octanol–water partition coefficient (Wildman–Crippen LogP) is -0.0598. The molecule has 3 aliphatic rings. The van der Waals surface area contributed by atoms with Crippen LogP contribution in [0, 0.1) is 5.41 Å². The first-order valence-electron chi connectivity index (χ1n) is 8.22. The molecule has 0 N–H and O–H groups in total. The largest absolute Gasteiger partial charge is 0.350 e. The second-order valence-corrected chi connectivity index (χ2v) is 9.44. The van der Waals surface area contributed by atoms with Crippen LogP contribution in [0.2, 0.25) is 0 Å². The zero-order valence-corrected chi connectivity index (χ0v) is 14.9. The molecule has 3 aliphatic heterocycles. The molecular formula is C15H24N2O6S. The number of likely N-dealkylation sites (tertiary alicyclic amines) is 1. The van der Waals surface area contributed by atoms with Crippen molar-refractivity contribution in [2.45, 2.75) is 38.9 Å². The molecule has 2 amide bonds. The van der Waals surface area contributed by atoms with Crippen molar-refractivity contribution in [2.75, 3.05) is 38.6 Å². The Kier molecular flexibility index (Phi) is 4.48. The fourth-order valence-corrected chi connectivity index (χ4v) is 4.82. The first kappa shape index (κ1) is 17.8. The number of sulfonamides is 1. The third kappa shape index (κ3) is 3.49. The monoisotopic (exact) mass is 360 g/mol. The van der Waals surface area contributed by atoms with Crippen LogP contribution in [0.15, 0.2) is 0 Å². The minimum absolute atomic E-state index is 0.0659. The molecule has 0 bridgehead atoms. The molecule has 0 saturated carbocycles. The summed E-state index contributed by atoms with van der Waals surface area (Å²) in [6.07, 6.45) is 1.16. The number of hydrogen-bond acceptors (Lipinski definition) is 6. The van der Waals surface area contributed by atoms with E-state index in [2.05, 4.69) is 0 Å². The number of hydrogen-bond donors (Lipinski definition) is 0. The highest BCUT2D eigenvalue weighted by molar-refractivity contribution is 7.89. The smallest absolute Gasteiger partial charge is 0.229 e. The molecule has 0 aromatic heterocycles. The van der Waals surface area contributed by atoms with Gasteiger partial charge in [-0.15, -0.1) is 0 Å². The molecule has 0 unspecified atom stereocenters. The van der Waals surface area contributed by atoms with Gasteiger partial charge in [0.25, 0.3) is 0 Å². The maximum Gasteiger partial charge on any atom is 0.229 e. The molecule has 0 radical (unpaired) electrons. The summed E-state index contributed by atoms with van der Waals surface area (Å²) >= 11 is 0. The molecule has 1 spiro atoms. The number of imide groups is 1. The molecule has 0 atom stereocenters. The standard InChI is InChI=1S/C15H24N2O6S/c1-14(2)22-10-15(11-23-14)8-16(9-15)24(20,21)7-6-17-12(18)4-3-5-13(17)19/h3-11H2,1-2H3. The average Bonchev–Trinajstić information content (AvgIpc) is 2.44. The Bertz CT molecular complexity index is 610. The molecule has 3 fully saturated rings. The molecular weight excluding hydrogens is 336 g/mol. The van der Waals surface area contributed by atoms with Crippen molar-refractivity contribution in [2.24, 2.45) is 5.41 Å². The summed E-state index contributed by atoms with van der Waals surface area (Å²) in [4.78, 5) is 24.6. The highest BCUT2D eigenvalue weighted by Gasteiger charge is 2.52. The Morgan fingerprint density at radius 1 is 1.04 bits per heavy atom. The van der Waals surface area contributed by atoms with E-state index in [-0.39, 0.29) is 29.5 Å². The lowest BCUT2D eigenvalue weighted by Crippen LogP contribution is -2.66. The number of piperidine rings is 1. The Hall–Kier alpha value is -1.03. The quantitative estimate of drug-likeness (QED) is 0.652. The van der Waals surface area contributed by atoms with E-state index in [9.17, 15) is 18.0 Å². The molecule has 9 heteroatoms. The summed E-state index contributed by atoms with van der Waals surface area (Å²) in [5.74, 6) is -1.41. The van der Waals surface area contributed by atoms with Gasteiger partial charge in [-0.25, -0.2) is 12.7 Å². The van der Waals surface area contributed by atoms with Crippen molar-refractivity contribution in [3.05, 3.63) is 0 Å². The van der Waals surface area contributed by atoms with Crippen molar-refractivity contribution in [1.82, 2.24) is 9.21 Å². The lowest BCUT2D eigenvalue weighted by molar-refractivity contribution is -0.299. The molecule has 3 rings (SSSR count). The van der Waals surface area contributed by atoms with E-state index in [1.54, 1.807) is 0 Å². The summed E-state index contributed by atoms with van der Waals surface area (Å²) in [6, 6.07) is 0. The molecule has 0 aromatic rings. The molecule has 136 valence electrons. The number of carbonyl (C=O) groups is 2. The lowest BCUT2D eigenvalue weighted by atomic mass is 9.82. The average molecular weight is 360 g/mol. The number of nitrogens with zero attached hydrogens (tertiary/aromatic N) is 2. The van der Waals surface area contributed by atoms with E-state index < -0.39 is 15.8 Å². The van der Waals surface area contributed by atoms with Gasteiger partial charge >= 0.3 is 0 Å². The molecule has 3 saturated heterocycles. The maximum atomic E-state index is 12.4. The summed E-state index contributed by atoms with van der Waals surface area (Å²) in [5, 5.41) is 0. The number of ether oxygens (including phenoxy) is 2. The predicted molar refractivity (Wildman–Crippen MR) is 84.3 cm³/mol. The minimum Gasteiger partial charge on any atom is -0.350 e. The van der Waals surface area contributed by atoms with Crippen molar-refractivity contribution < 1.29 is 27.5 Å².